The molecule has 0 spiro atoms. The highest BCUT2D eigenvalue weighted by atomic mass is 16.5. The molecule has 8 heteroatoms. The highest BCUT2D eigenvalue weighted by molar-refractivity contribution is 6.04. The second-order valence-electron chi connectivity index (χ2n) is 6.70. The van der Waals surface area contributed by atoms with Crippen molar-refractivity contribution in [1.82, 2.24) is 15.0 Å². The predicted octanol–water partition coefficient (Wildman–Crippen LogP) is 1.23. The van der Waals surface area contributed by atoms with Crippen molar-refractivity contribution in [3.05, 3.63) is 27.7 Å². The third-order valence-electron chi connectivity index (χ3n) is 5.07. The van der Waals surface area contributed by atoms with Gasteiger partial charge in [0.15, 0.2) is 11.4 Å². The Morgan fingerprint density at radius 3 is 3.04 bits per heavy atom. The molecule has 0 radical (unpaired) electrons. The number of carbonyl (C=O) groups excluding carboxylic acids is 2. The van der Waals surface area contributed by atoms with Gasteiger partial charge in [-0.2, -0.15) is 4.98 Å². The molecule has 0 bridgehead atoms. The largest absolute Gasteiger partial charge is 0.466 e. The third kappa shape index (κ3) is 2.75. The van der Waals surface area contributed by atoms with Crippen LogP contribution in [0, 0.1) is 5.92 Å². The van der Waals surface area contributed by atoms with Crippen LogP contribution in [0.5, 0.6) is 0 Å². The number of aromatic amines is 1. The number of pyridine rings is 1. The summed E-state index contributed by atoms with van der Waals surface area (Å²) >= 11 is 0. The van der Waals surface area contributed by atoms with Gasteiger partial charge in [0.25, 0.3) is 5.56 Å². The van der Waals surface area contributed by atoms with Crippen LogP contribution in [0.25, 0.3) is 11.0 Å². The number of nitrogens with one attached hydrogen (secondary N) is 1. The Morgan fingerprint density at radius 2 is 2.23 bits per heavy atom. The molecule has 4 rings (SSSR count). The van der Waals surface area contributed by atoms with Crippen LogP contribution >= 0.6 is 0 Å². The minimum Gasteiger partial charge on any atom is -0.466 e. The number of hydrogen-bond donors (Lipinski definition) is 1. The molecule has 136 valence electrons. The average Bonchev–Trinajstić information content (AvgIpc) is 3.03. The number of piperidine rings is 1. The molecule has 1 aliphatic heterocycles. The van der Waals surface area contributed by atoms with E-state index in [-0.39, 0.29) is 23.2 Å². The van der Waals surface area contributed by atoms with E-state index in [1.54, 1.807) is 6.92 Å². The lowest BCUT2D eigenvalue weighted by atomic mass is 9.98. The maximum Gasteiger partial charge on any atom is 0.310 e. The Labute approximate surface area is 149 Å². The molecular formula is C18H20N4O4. The number of esters is 1. The van der Waals surface area contributed by atoms with E-state index in [0.717, 1.165) is 18.4 Å². The van der Waals surface area contributed by atoms with Gasteiger partial charge < -0.3 is 9.64 Å². The average molecular weight is 356 g/mol. The number of rotatable bonds is 3. The van der Waals surface area contributed by atoms with Crippen LogP contribution in [0.3, 0.4) is 0 Å². The summed E-state index contributed by atoms with van der Waals surface area (Å²) in [7, 11) is 0. The number of H-pyrrole nitrogens is 1. The fourth-order valence-electron chi connectivity index (χ4n) is 3.80. The second-order valence-corrected chi connectivity index (χ2v) is 6.70. The first-order chi connectivity index (χ1) is 12.6. The van der Waals surface area contributed by atoms with Gasteiger partial charge in [-0.1, -0.05) is 0 Å². The fraction of sp³-hybridized carbons (Fsp3) is 0.500. The van der Waals surface area contributed by atoms with Gasteiger partial charge in [-0.25, -0.2) is 4.98 Å². The minimum atomic E-state index is -0.290. The lowest BCUT2D eigenvalue weighted by molar-refractivity contribution is -0.148. The number of carbonyl (C=O) groups is 2. The fourth-order valence-corrected chi connectivity index (χ4v) is 3.80. The molecule has 0 aromatic carbocycles. The standard InChI is InChI=1S/C18H20N4O4/c1-2-26-17(25)10-4-3-7-22(9-10)18-20-15-14(16(24)21-18)11-5-6-13(23)12(11)8-19-15/h8,10H,2-7,9H2,1H3,(H,19,20,21,24). The van der Waals surface area contributed by atoms with Gasteiger partial charge in [0.2, 0.25) is 5.95 Å². The van der Waals surface area contributed by atoms with E-state index >= 15 is 0 Å². The number of fused-ring (bicyclic) bond motifs is 3. The molecule has 2 aromatic rings. The van der Waals surface area contributed by atoms with Gasteiger partial charge in [-0.3, -0.25) is 19.4 Å². The minimum absolute atomic E-state index is 0.0196. The van der Waals surface area contributed by atoms with Crippen molar-refractivity contribution in [1.29, 1.82) is 0 Å². The quantitative estimate of drug-likeness (QED) is 0.825. The van der Waals surface area contributed by atoms with Crippen LogP contribution < -0.4 is 10.5 Å². The van der Waals surface area contributed by atoms with Crippen molar-refractivity contribution in [2.75, 3.05) is 24.6 Å². The molecule has 1 saturated heterocycles. The normalized spacial score (nSPS) is 19.7. The van der Waals surface area contributed by atoms with Crippen LogP contribution in [0.1, 0.15) is 42.1 Å². The smallest absolute Gasteiger partial charge is 0.310 e. The zero-order valence-electron chi connectivity index (χ0n) is 14.6. The Balaban J connectivity index is 1.69. The number of anilines is 1. The lowest BCUT2D eigenvalue weighted by Crippen LogP contribution is -2.41. The highest BCUT2D eigenvalue weighted by Crippen LogP contribution is 2.27. The van der Waals surface area contributed by atoms with Crippen LogP contribution in [0.4, 0.5) is 5.95 Å². The zero-order valence-corrected chi connectivity index (χ0v) is 14.6. The summed E-state index contributed by atoms with van der Waals surface area (Å²) < 4.78 is 5.12. The van der Waals surface area contributed by atoms with E-state index in [1.165, 1.54) is 6.20 Å². The molecule has 26 heavy (non-hydrogen) atoms. The van der Waals surface area contributed by atoms with E-state index in [9.17, 15) is 14.4 Å². The Hall–Kier alpha value is -2.77. The molecule has 1 atom stereocenters. The number of aromatic nitrogens is 3. The molecule has 1 N–H and O–H groups in total. The summed E-state index contributed by atoms with van der Waals surface area (Å²) in [5.74, 6) is -0.00968. The molecular weight excluding hydrogens is 336 g/mol. The van der Waals surface area contributed by atoms with E-state index in [4.69, 9.17) is 4.74 Å². The number of hydrogen-bond acceptors (Lipinski definition) is 7. The van der Waals surface area contributed by atoms with E-state index in [2.05, 4.69) is 15.0 Å². The van der Waals surface area contributed by atoms with Gasteiger partial charge in [0.05, 0.1) is 17.9 Å². The topological polar surface area (TPSA) is 105 Å². The van der Waals surface area contributed by atoms with Crippen LogP contribution in [-0.2, 0) is 16.0 Å². The first-order valence-corrected chi connectivity index (χ1v) is 8.95. The Bertz CT molecular complexity index is 952. The van der Waals surface area contributed by atoms with E-state index < -0.39 is 0 Å². The Morgan fingerprint density at radius 1 is 1.38 bits per heavy atom. The van der Waals surface area contributed by atoms with Crippen molar-refractivity contribution in [2.24, 2.45) is 5.92 Å². The molecule has 1 unspecified atom stereocenters. The first kappa shape index (κ1) is 16.7. The second kappa shape index (κ2) is 6.51. The molecule has 2 aromatic heterocycles. The van der Waals surface area contributed by atoms with Crippen LogP contribution in [-0.4, -0.2) is 46.4 Å². The number of ether oxygens (including phenoxy) is 1. The van der Waals surface area contributed by atoms with Crippen molar-refractivity contribution in [2.45, 2.75) is 32.6 Å². The maximum absolute atomic E-state index is 12.7. The summed E-state index contributed by atoms with van der Waals surface area (Å²) in [6.45, 7) is 3.30. The number of aryl methyl sites for hydroxylation is 1. The summed E-state index contributed by atoms with van der Waals surface area (Å²) in [5.41, 5.74) is 1.32. The lowest BCUT2D eigenvalue weighted by Gasteiger charge is -2.31. The monoisotopic (exact) mass is 356 g/mol. The van der Waals surface area contributed by atoms with Crippen molar-refractivity contribution in [3.8, 4) is 0 Å². The van der Waals surface area contributed by atoms with Gasteiger partial charge in [-0.15, -0.1) is 0 Å². The molecule has 2 aliphatic rings. The molecule has 1 aliphatic carbocycles. The van der Waals surface area contributed by atoms with E-state index in [0.29, 0.717) is 55.1 Å². The molecule has 0 amide bonds. The van der Waals surface area contributed by atoms with Crippen molar-refractivity contribution >= 4 is 28.7 Å². The molecule has 3 heterocycles. The number of nitrogens with zero attached hydrogens (tertiary/aromatic N) is 3. The maximum atomic E-state index is 12.7. The highest BCUT2D eigenvalue weighted by Gasteiger charge is 2.29. The molecule has 1 fully saturated rings. The summed E-state index contributed by atoms with van der Waals surface area (Å²) in [5, 5.41) is 0.399. The number of ketones is 1. The molecule has 8 nitrogen and oxygen atoms in total. The van der Waals surface area contributed by atoms with Gasteiger partial charge in [0, 0.05) is 31.3 Å². The van der Waals surface area contributed by atoms with Crippen molar-refractivity contribution in [3.63, 3.8) is 0 Å². The SMILES string of the molecule is CCOC(=O)C1CCCN(c2nc3ncc4c(c3c(=O)[nH]2)CCC4=O)C1. The zero-order chi connectivity index (χ0) is 18.3. The number of Topliss-reactive ketones (excluding diaryl/α,β-unsaturated/α-hetero) is 1. The van der Waals surface area contributed by atoms with Gasteiger partial charge in [0.1, 0.15) is 0 Å². The van der Waals surface area contributed by atoms with E-state index in [1.807, 2.05) is 4.90 Å². The summed E-state index contributed by atoms with van der Waals surface area (Å²) in [6, 6.07) is 0. The molecule has 0 saturated carbocycles. The van der Waals surface area contributed by atoms with Crippen molar-refractivity contribution < 1.29 is 14.3 Å². The third-order valence-corrected chi connectivity index (χ3v) is 5.07. The van der Waals surface area contributed by atoms with Crippen LogP contribution in [0.2, 0.25) is 0 Å². The van der Waals surface area contributed by atoms with Gasteiger partial charge >= 0.3 is 5.97 Å². The first-order valence-electron chi connectivity index (χ1n) is 8.95. The predicted molar refractivity (Wildman–Crippen MR) is 94.4 cm³/mol. The van der Waals surface area contributed by atoms with Gasteiger partial charge in [-0.05, 0) is 31.7 Å². The van der Waals surface area contributed by atoms with Crippen LogP contribution in [0.15, 0.2) is 11.0 Å². The summed E-state index contributed by atoms with van der Waals surface area (Å²) in [4.78, 5) is 50.0. The summed E-state index contributed by atoms with van der Waals surface area (Å²) in [6.07, 6.45) is 4.05. The Kier molecular flexibility index (Phi) is 4.18.